The number of isocyanates is 1. The summed E-state index contributed by atoms with van der Waals surface area (Å²) in [5, 5.41) is 0.653. The lowest BCUT2D eigenvalue weighted by Crippen LogP contribution is -1.69. The molecule has 0 radical (unpaired) electrons. The predicted octanol–water partition coefficient (Wildman–Crippen LogP) is 3.12. The van der Waals surface area contributed by atoms with E-state index in [1.807, 2.05) is 0 Å². The fourth-order valence-corrected chi connectivity index (χ4v) is 0.966. The Morgan fingerprint density at radius 2 is 2.00 bits per heavy atom. The van der Waals surface area contributed by atoms with E-state index in [2.05, 4.69) is 4.99 Å². The molecule has 0 fully saturated rings. The summed E-state index contributed by atoms with van der Waals surface area (Å²) in [7, 11) is 0. The average Bonchev–Trinajstić information content (AvgIpc) is 1.99. The molecule has 0 atom stereocenters. The van der Waals surface area contributed by atoms with Crippen molar-refractivity contribution in [2.75, 3.05) is 0 Å². The van der Waals surface area contributed by atoms with Crippen LogP contribution in [0, 0.1) is 0 Å². The average molecular weight is 205 g/mol. The van der Waals surface area contributed by atoms with Gasteiger partial charge in [-0.25, -0.2) is 4.79 Å². The second kappa shape index (κ2) is 4.91. The van der Waals surface area contributed by atoms with E-state index in [0.29, 0.717) is 10.7 Å². The number of benzene rings is 1. The Morgan fingerprint density at radius 1 is 1.33 bits per heavy atom. The third kappa shape index (κ3) is 2.32. The van der Waals surface area contributed by atoms with Gasteiger partial charge in [-0.2, -0.15) is 4.99 Å². The quantitative estimate of drug-likeness (QED) is 0.565. The minimum Gasteiger partial charge on any atom is -0.344 e. The minimum absolute atomic E-state index is 0. The first kappa shape index (κ1) is 11.1. The molecule has 0 spiro atoms. The highest BCUT2D eigenvalue weighted by Gasteiger charge is 2.01. The van der Waals surface area contributed by atoms with Crippen LogP contribution in [0.4, 0.5) is 5.69 Å². The van der Waals surface area contributed by atoms with Gasteiger partial charge in [0.25, 0.3) is 0 Å². The molecule has 12 heavy (non-hydrogen) atoms. The maximum absolute atomic E-state index is 9.84. The van der Waals surface area contributed by atoms with Crippen molar-refractivity contribution in [2.24, 2.45) is 4.99 Å². The first-order valence-electron chi connectivity index (χ1n) is 2.77. The molecular formula is C7H6Cl2N2O. The Morgan fingerprint density at radius 3 is 2.58 bits per heavy atom. The molecular weight excluding hydrogens is 199 g/mol. The maximum Gasteiger partial charge on any atom is 0.240 e. The van der Waals surface area contributed by atoms with Crippen LogP contribution >= 0.6 is 23.2 Å². The van der Waals surface area contributed by atoms with Gasteiger partial charge in [0.2, 0.25) is 6.08 Å². The molecule has 1 aromatic rings. The summed E-state index contributed by atoms with van der Waals surface area (Å²) in [5.41, 5.74) is 0.342. The minimum atomic E-state index is 0. The van der Waals surface area contributed by atoms with Crippen molar-refractivity contribution in [1.29, 1.82) is 0 Å². The van der Waals surface area contributed by atoms with E-state index < -0.39 is 0 Å². The smallest absolute Gasteiger partial charge is 0.240 e. The van der Waals surface area contributed by atoms with Crippen LogP contribution < -0.4 is 6.15 Å². The zero-order chi connectivity index (χ0) is 8.27. The Bertz CT molecular complexity index is 321. The molecule has 0 aliphatic heterocycles. The van der Waals surface area contributed by atoms with Gasteiger partial charge in [-0.15, -0.1) is 0 Å². The number of aliphatic imine (C=N–C) groups is 1. The van der Waals surface area contributed by atoms with Gasteiger partial charge in [-0.3, -0.25) is 0 Å². The van der Waals surface area contributed by atoms with E-state index in [9.17, 15) is 4.79 Å². The van der Waals surface area contributed by atoms with Gasteiger partial charge in [0.15, 0.2) is 0 Å². The number of nitrogens with zero attached hydrogens (tertiary/aromatic N) is 1. The molecule has 0 aliphatic rings. The monoisotopic (exact) mass is 204 g/mol. The summed E-state index contributed by atoms with van der Waals surface area (Å²) < 4.78 is 0. The van der Waals surface area contributed by atoms with Crippen molar-refractivity contribution >= 4 is 35.0 Å². The summed E-state index contributed by atoms with van der Waals surface area (Å²) in [6.07, 6.45) is 1.38. The predicted molar refractivity (Wildman–Crippen MR) is 49.3 cm³/mol. The highest BCUT2D eigenvalue weighted by molar-refractivity contribution is 6.43. The van der Waals surface area contributed by atoms with Crippen LogP contribution in [-0.4, -0.2) is 6.08 Å². The van der Waals surface area contributed by atoms with E-state index in [0.717, 1.165) is 0 Å². The summed E-state index contributed by atoms with van der Waals surface area (Å²) in [6, 6.07) is 4.86. The zero-order valence-corrected chi connectivity index (χ0v) is 7.56. The van der Waals surface area contributed by atoms with E-state index in [-0.39, 0.29) is 11.2 Å². The molecule has 3 N–H and O–H groups in total. The second-order valence-corrected chi connectivity index (χ2v) is 2.56. The largest absolute Gasteiger partial charge is 0.344 e. The van der Waals surface area contributed by atoms with Crippen LogP contribution in [-0.2, 0) is 4.79 Å². The number of rotatable bonds is 1. The van der Waals surface area contributed by atoms with Crippen LogP contribution in [0.3, 0.4) is 0 Å². The Labute approximate surface area is 79.6 Å². The number of hydrogen-bond acceptors (Lipinski definition) is 3. The SMILES string of the molecule is N.O=C=Nc1cccc(Cl)c1Cl. The molecule has 0 unspecified atom stereocenters. The topological polar surface area (TPSA) is 64.4 Å². The van der Waals surface area contributed by atoms with Crippen molar-refractivity contribution in [3.8, 4) is 0 Å². The van der Waals surface area contributed by atoms with Gasteiger partial charge in [0, 0.05) is 0 Å². The van der Waals surface area contributed by atoms with Gasteiger partial charge in [-0.1, -0.05) is 29.3 Å². The van der Waals surface area contributed by atoms with Crippen molar-refractivity contribution in [1.82, 2.24) is 6.15 Å². The third-order valence-corrected chi connectivity index (χ3v) is 1.91. The van der Waals surface area contributed by atoms with Crippen molar-refractivity contribution in [3.63, 3.8) is 0 Å². The first-order chi connectivity index (χ1) is 5.25. The van der Waals surface area contributed by atoms with Gasteiger partial charge in [-0.05, 0) is 12.1 Å². The molecule has 5 heteroatoms. The molecule has 0 aromatic heterocycles. The maximum atomic E-state index is 9.84. The van der Waals surface area contributed by atoms with E-state index in [1.165, 1.54) is 6.08 Å². The van der Waals surface area contributed by atoms with Crippen LogP contribution in [0.5, 0.6) is 0 Å². The van der Waals surface area contributed by atoms with E-state index >= 15 is 0 Å². The highest BCUT2D eigenvalue weighted by Crippen LogP contribution is 2.30. The van der Waals surface area contributed by atoms with Crippen LogP contribution in [0.15, 0.2) is 23.2 Å². The molecule has 64 valence electrons. The molecule has 1 rings (SSSR count). The third-order valence-electron chi connectivity index (χ3n) is 1.10. The Kier molecular flexibility index (Phi) is 4.55. The fourth-order valence-electron chi connectivity index (χ4n) is 0.628. The van der Waals surface area contributed by atoms with Gasteiger partial charge < -0.3 is 6.15 Å². The highest BCUT2D eigenvalue weighted by atomic mass is 35.5. The summed E-state index contributed by atoms with van der Waals surface area (Å²) >= 11 is 11.3. The Hall–Kier alpha value is -0.860. The second-order valence-electron chi connectivity index (χ2n) is 1.78. The first-order valence-corrected chi connectivity index (χ1v) is 3.53. The molecule has 0 saturated carbocycles. The normalized spacial score (nSPS) is 8.17. The molecule has 0 heterocycles. The lowest BCUT2D eigenvalue weighted by molar-refractivity contribution is 0.565. The Balaban J connectivity index is 0.00000121. The molecule has 0 saturated heterocycles. The number of halogens is 2. The van der Waals surface area contributed by atoms with Gasteiger partial charge in [0.1, 0.15) is 0 Å². The lowest BCUT2D eigenvalue weighted by Gasteiger charge is -1.95. The van der Waals surface area contributed by atoms with Crippen molar-refractivity contribution in [3.05, 3.63) is 28.2 Å². The van der Waals surface area contributed by atoms with Gasteiger partial charge >= 0.3 is 0 Å². The zero-order valence-electron chi connectivity index (χ0n) is 6.05. The molecule has 0 amide bonds. The lowest BCUT2D eigenvalue weighted by atomic mass is 10.3. The van der Waals surface area contributed by atoms with Crippen molar-refractivity contribution in [2.45, 2.75) is 0 Å². The number of carbonyl (C=O) groups excluding carboxylic acids is 1. The van der Waals surface area contributed by atoms with Crippen LogP contribution in [0.1, 0.15) is 0 Å². The van der Waals surface area contributed by atoms with E-state index in [4.69, 9.17) is 23.2 Å². The molecule has 0 bridgehead atoms. The van der Waals surface area contributed by atoms with Gasteiger partial charge in [0.05, 0.1) is 15.7 Å². The summed E-state index contributed by atoms with van der Waals surface area (Å²) in [4.78, 5) is 13.2. The van der Waals surface area contributed by atoms with E-state index in [1.54, 1.807) is 18.2 Å². The fraction of sp³-hybridized carbons (Fsp3) is 0. The molecule has 3 nitrogen and oxygen atoms in total. The van der Waals surface area contributed by atoms with Crippen molar-refractivity contribution < 1.29 is 4.79 Å². The summed E-state index contributed by atoms with van der Waals surface area (Å²) in [5.74, 6) is 0. The standard InChI is InChI=1S/C7H3Cl2NO.H3N/c8-5-2-1-3-6(7(5)9)10-4-11;/h1-3H;1H3. The summed E-state index contributed by atoms with van der Waals surface area (Å²) in [6.45, 7) is 0. The van der Waals surface area contributed by atoms with Crippen LogP contribution in [0.2, 0.25) is 10.0 Å². The molecule has 1 aromatic carbocycles. The number of hydrogen-bond donors (Lipinski definition) is 1. The molecule has 0 aliphatic carbocycles. The van der Waals surface area contributed by atoms with Crippen LogP contribution in [0.25, 0.3) is 0 Å².